The maximum atomic E-state index is 10.9. The fourth-order valence-corrected chi connectivity index (χ4v) is 1.25. The molecule has 0 saturated heterocycles. The largest absolute Gasteiger partial charge is 0.504 e. The normalized spacial score (nSPS) is 10.4. The highest BCUT2D eigenvalue weighted by atomic mass is 16.5. The molecule has 0 fully saturated rings. The van der Waals surface area contributed by atoms with Crippen LogP contribution in [0.5, 0.6) is 11.5 Å². The van der Waals surface area contributed by atoms with Crippen molar-refractivity contribution in [1.82, 2.24) is 0 Å². The van der Waals surface area contributed by atoms with Crippen LogP contribution in [0, 0.1) is 0 Å². The molecule has 0 saturated carbocycles. The standard InChI is InChI=1S/C10H8O4/c1-13-7-4-6-2-3-9(12)14-10(6)8(11)5-7/h2-5,11H,1H3. The van der Waals surface area contributed by atoms with Crippen molar-refractivity contribution in [2.45, 2.75) is 0 Å². The first-order valence-corrected chi connectivity index (χ1v) is 4.01. The SMILES string of the molecule is COc1cc(O)c2oc(=O)ccc2c1. The van der Waals surface area contributed by atoms with Crippen LogP contribution in [0.25, 0.3) is 11.0 Å². The molecule has 0 unspecified atom stereocenters. The average molecular weight is 192 g/mol. The van der Waals surface area contributed by atoms with Gasteiger partial charge in [0, 0.05) is 17.5 Å². The number of methoxy groups -OCH3 is 1. The summed E-state index contributed by atoms with van der Waals surface area (Å²) in [7, 11) is 1.50. The number of rotatable bonds is 1. The Morgan fingerprint density at radius 2 is 2.14 bits per heavy atom. The maximum Gasteiger partial charge on any atom is 0.336 e. The molecule has 0 spiro atoms. The Kier molecular flexibility index (Phi) is 1.89. The summed E-state index contributed by atoms with van der Waals surface area (Å²) in [6, 6.07) is 5.94. The minimum atomic E-state index is -0.488. The molecule has 0 aliphatic carbocycles. The highest BCUT2D eigenvalue weighted by molar-refractivity contribution is 5.83. The number of hydrogen-bond donors (Lipinski definition) is 1. The molecule has 1 aromatic carbocycles. The third-order valence-corrected chi connectivity index (χ3v) is 1.91. The molecule has 14 heavy (non-hydrogen) atoms. The van der Waals surface area contributed by atoms with E-state index in [1.807, 2.05) is 0 Å². The number of benzene rings is 1. The second-order valence-corrected chi connectivity index (χ2v) is 2.82. The van der Waals surface area contributed by atoms with E-state index in [4.69, 9.17) is 9.15 Å². The Bertz CT molecular complexity index is 527. The Morgan fingerprint density at radius 3 is 2.86 bits per heavy atom. The Hall–Kier alpha value is -1.97. The van der Waals surface area contributed by atoms with Crippen LogP contribution in [0.1, 0.15) is 0 Å². The van der Waals surface area contributed by atoms with Gasteiger partial charge in [-0.3, -0.25) is 0 Å². The Labute approximate surface area is 79.4 Å². The second-order valence-electron chi connectivity index (χ2n) is 2.82. The third kappa shape index (κ3) is 1.31. The lowest BCUT2D eigenvalue weighted by molar-refractivity contribution is 0.406. The molecular formula is C10H8O4. The van der Waals surface area contributed by atoms with Crippen LogP contribution >= 0.6 is 0 Å². The van der Waals surface area contributed by atoms with Crippen LogP contribution in [0.2, 0.25) is 0 Å². The van der Waals surface area contributed by atoms with Gasteiger partial charge in [0.25, 0.3) is 0 Å². The molecular weight excluding hydrogens is 184 g/mol. The zero-order valence-electron chi connectivity index (χ0n) is 7.48. The van der Waals surface area contributed by atoms with Crippen LogP contribution in [-0.4, -0.2) is 12.2 Å². The summed E-state index contributed by atoms with van der Waals surface area (Å²) < 4.78 is 9.78. The van der Waals surface area contributed by atoms with Gasteiger partial charge in [-0.05, 0) is 12.1 Å². The van der Waals surface area contributed by atoms with Crippen molar-refractivity contribution in [1.29, 1.82) is 0 Å². The summed E-state index contributed by atoms with van der Waals surface area (Å²) in [6.07, 6.45) is 0. The van der Waals surface area contributed by atoms with E-state index >= 15 is 0 Å². The van der Waals surface area contributed by atoms with E-state index in [1.165, 1.54) is 19.2 Å². The van der Waals surface area contributed by atoms with E-state index in [-0.39, 0.29) is 11.3 Å². The lowest BCUT2D eigenvalue weighted by Gasteiger charge is -2.02. The maximum absolute atomic E-state index is 10.9. The lowest BCUT2D eigenvalue weighted by atomic mass is 10.2. The van der Waals surface area contributed by atoms with E-state index in [0.29, 0.717) is 11.1 Å². The topological polar surface area (TPSA) is 59.7 Å². The second kappa shape index (κ2) is 3.06. The van der Waals surface area contributed by atoms with E-state index in [1.54, 1.807) is 12.1 Å². The summed E-state index contributed by atoms with van der Waals surface area (Å²) in [4.78, 5) is 10.9. The molecule has 0 atom stereocenters. The van der Waals surface area contributed by atoms with Gasteiger partial charge in [0.05, 0.1) is 7.11 Å². The number of ether oxygens (including phenoxy) is 1. The van der Waals surface area contributed by atoms with Gasteiger partial charge in [0.15, 0.2) is 11.3 Å². The van der Waals surface area contributed by atoms with Crippen molar-refractivity contribution >= 4 is 11.0 Å². The van der Waals surface area contributed by atoms with Crippen LogP contribution in [0.3, 0.4) is 0 Å². The summed E-state index contributed by atoms with van der Waals surface area (Å²) in [6.45, 7) is 0. The highest BCUT2D eigenvalue weighted by Gasteiger charge is 2.05. The molecule has 4 nitrogen and oxygen atoms in total. The first kappa shape index (κ1) is 8.62. The minimum Gasteiger partial charge on any atom is -0.504 e. The van der Waals surface area contributed by atoms with E-state index in [9.17, 15) is 9.90 Å². The average Bonchev–Trinajstić information content (AvgIpc) is 2.19. The van der Waals surface area contributed by atoms with Crippen molar-refractivity contribution < 1.29 is 14.3 Å². The van der Waals surface area contributed by atoms with Crippen molar-refractivity contribution in [3.8, 4) is 11.5 Å². The Balaban J connectivity index is 2.83. The number of phenols is 1. The lowest BCUT2D eigenvalue weighted by Crippen LogP contribution is -1.94. The minimum absolute atomic E-state index is 0.1000. The summed E-state index contributed by atoms with van der Waals surface area (Å²) >= 11 is 0. The van der Waals surface area contributed by atoms with Crippen LogP contribution in [-0.2, 0) is 0 Å². The van der Waals surface area contributed by atoms with Crippen LogP contribution in [0.15, 0.2) is 33.5 Å². The molecule has 1 aromatic heterocycles. The molecule has 2 rings (SSSR count). The summed E-state index contributed by atoms with van der Waals surface area (Å²) in [5, 5.41) is 10.1. The van der Waals surface area contributed by atoms with Crippen LogP contribution < -0.4 is 10.4 Å². The van der Waals surface area contributed by atoms with Gasteiger partial charge in [0.2, 0.25) is 0 Å². The van der Waals surface area contributed by atoms with Crippen molar-refractivity contribution in [2.75, 3.05) is 7.11 Å². The monoisotopic (exact) mass is 192 g/mol. The quantitative estimate of drug-likeness (QED) is 0.695. The molecule has 0 bridgehead atoms. The Morgan fingerprint density at radius 1 is 1.36 bits per heavy atom. The third-order valence-electron chi connectivity index (χ3n) is 1.91. The molecule has 4 heteroatoms. The smallest absolute Gasteiger partial charge is 0.336 e. The van der Waals surface area contributed by atoms with Gasteiger partial charge in [-0.15, -0.1) is 0 Å². The zero-order chi connectivity index (χ0) is 10.1. The van der Waals surface area contributed by atoms with Gasteiger partial charge < -0.3 is 14.3 Å². The van der Waals surface area contributed by atoms with Gasteiger partial charge in [-0.1, -0.05) is 0 Å². The molecule has 0 aliphatic heterocycles. The predicted octanol–water partition coefficient (Wildman–Crippen LogP) is 1.51. The van der Waals surface area contributed by atoms with Crippen LogP contribution in [0.4, 0.5) is 0 Å². The van der Waals surface area contributed by atoms with E-state index in [0.717, 1.165) is 0 Å². The van der Waals surface area contributed by atoms with Crippen molar-refractivity contribution in [3.63, 3.8) is 0 Å². The molecule has 1 heterocycles. The fourth-order valence-electron chi connectivity index (χ4n) is 1.25. The van der Waals surface area contributed by atoms with Crippen molar-refractivity contribution in [2.24, 2.45) is 0 Å². The van der Waals surface area contributed by atoms with Gasteiger partial charge >= 0.3 is 5.63 Å². The molecule has 1 N–H and O–H groups in total. The molecule has 0 amide bonds. The van der Waals surface area contributed by atoms with Gasteiger partial charge in [0.1, 0.15) is 5.75 Å². The van der Waals surface area contributed by atoms with E-state index in [2.05, 4.69) is 0 Å². The molecule has 2 aromatic rings. The van der Waals surface area contributed by atoms with Gasteiger partial charge in [-0.25, -0.2) is 4.79 Å². The number of aromatic hydroxyl groups is 1. The number of fused-ring (bicyclic) bond motifs is 1. The summed E-state index contributed by atoms with van der Waals surface area (Å²) in [5.41, 5.74) is -0.309. The number of phenolic OH excluding ortho intramolecular Hbond substituents is 1. The van der Waals surface area contributed by atoms with Crippen molar-refractivity contribution in [3.05, 3.63) is 34.7 Å². The molecule has 0 aliphatic rings. The zero-order valence-corrected chi connectivity index (χ0v) is 7.48. The molecule has 0 radical (unpaired) electrons. The fraction of sp³-hybridized carbons (Fsp3) is 0.100. The predicted molar refractivity (Wildman–Crippen MR) is 50.7 cm³/mol. The first-order valence-electron chi connectivity index (χ1n) is 4.01. The van der Waals surface area contributed by atoms with E-state index < -0.39 is 5.63 Å². The highest BCUT2D eigenvalue weighted by Crippen LogP contribution is 2.28. The van der Waals surface area contributed by atoms with Gasteiger partial charge in [-0.2, -0.15) is 0 Å². The number of hydrogen-bond acceptors (Lipinski definition) is 4. The molecule has 72 valence electrons. The first-order chi connectivity index (χ1) is 6.70. The summed E-state index contributed by atoms with van der Waals surface area (Å²) in [5.74, 6) is 0.417.